The molecule has 1 aliphatic rings. The summed E-state index contributed by atoms with van der Waals surface area (Å²) in [6.45, 7) is 1.96. The Hall–Kier alpha value is -1.56. The van der Waals surface area contributed by atoms with Crippen LogP contribution in [-0.4, -0.2) is 31.3 Å². The second-order valence-electron chi connectivity index (χ2n) is 4.70. The minimum atomic E-state index is -3.33. The molecule has 2 N–H and O–H groups in total. The highest BCUT2D eigenvalue weighted by atomic mass is 32.2. The molecule has 1 atom stereocenters. The predicted octanol–water partition coefficient (Wildman–Crippen LogP) is 1.68. The van der Waals surface area contributed by atoms with Crippen LogP contribution in [0.2, 0.25) is 0 Å². The molecule has 0 aliphatic carbocycles. The van der Waals surface area contributed by atoms with E-state index >= 15 is 0 Å². The number of aryl methyl sites for hydroxylation is 1. The highest BCUT2D eigenvalue weighted by molar-refractivity contribution is 7.91. The standard InChI is InChI=1S/C13H17NO4S/c1-2-9-4-3-5-11-13(9)14-10(6-7-12(15)16)8-19(11,17)18/h3-5,10,14H,2,6-8H2,1H3,(H,15,16). The van der Waals surface area contributed by atoms with Crippen molar-refractivity contribution in [3.8, 4) is 0 Å². The summed E-state index contributed by atoms with van der Waals surface area (Å²) in [5, 5.41) is 11.9. The molecule has 2 rings (SSSR count). The van der Waals surface area contributed by atoms with Crippen molar-refractivity contribution < 1.29 is 18.3 Å². The molecule has 0 saturated carbocycles. The second kappa shape index (κ2) is 5.21. The Kier molecular flexibility index (Phi) is 3.80. The van der Waals surface area contributed by atoms with Crippen LogP contribution in [0, 0.1) is 0 Å². The van der Waals surface area contributed by atoms with Crippen molar-refractivity contribution in [3.05, 3.63) is 23.8 Å². The lowest BCUT2D eigenvalue weighted by atomic mass is 10.1. The maximum atomic E-state index is 12.2. The van der Waals surface area contributed by atoms with Gasteiger partial charge in [0.05, 0.1) is 16.3 Å². The fourth-order valence-corrected chi connectivity index (χ4v) is 4.09. The average Bonchev–Trinajstić information content (AvgIpc) is 2.35. The van der Waals surface area contributed by atoms with E-state index in [0.29, 0.717) is 17.0 Å². The van der Waals surface area contributed by atoms with Crippen LogP contribution in [0.1, 0.15) is 25.3 Å². The minimum Gasteiger partial charge on any atom is -0.481 e. The number of benzene rings is 1. The summed E-state index contributed by atoms with van der Waals surface area (Å²) >= 11 is 0. The van der Waals surface area contributed by atoms with Gasteiger partial charge in [0.25, 0.3) is 0 Å². The lowest BCUT2D eigenvalue weighted by Gasteiger charge is -2.28. The smallest absolute Gasteiger partial charge is 0.303 e. The molecule has 104 valence electrons. The zero-order valence-corrected chi connectivity index (χ0v) is 11.5. The third kappa shape index (κ3) is 2.89. The molecule has 1 aromatic carbocycles. The van der Waals surface area contributed by atoms with Gasteiger partial charge >= 0.3 is 5.97 Å². The Bertz CT molecular complexity index is 595. The summed E-state index contributed by atoms with van der Waals surface area (Å²) in [5.41, 5.74) is 1.59. The van der Waals surface area contributed by atoms with Gasteiger partial charge in [0.1, 0.15) is 0 Å². The highest BCUT2D eigenvalue weighted by Crippen LogP contribution is 2.32. The molecule has 1 unspecified atom stereocenters. The van der Waals surface area contributed by atoms with Crippen molar-refractivity contribution in [2.24, 2.45) is 0 Å². The third-order valence-corrected chi connectivity index (χ3v) is 5.16. The minimum absolute atomic E-state index is 0.0309. The van der Waals surface area contributed by atoms with E-state index in [1.54, 1.807) is 12.1 Å². The molecule has 0 spiro atoms. The number of carbonyl (C=O) groups is 1. The van der Waals surface area contributed by atoms with Crippen LogP contribution in [0.4, 0.5) is 5.69 Å². The third-order valence-electron chi connectivity index (χ3n) is 3.30. The van der Waals surface area contributed by atoms with Crippen LogP contribution in [0.3, 0.4) is 0 Å². The van der Waals surface area contributed by atoms with Gasteiger partial charge in [-0.1, -0.05) is 19.1 Å². The van der Waals surface area contributed by atoms with E-state index in [1.807, 2.05) is 13.0 Å². The number of aliphatic carboxylic acids is 1. The van der Waals surface area contributed by atoms with E-state index in [0.717, 1.165) is 12.0 Å². The Morgan fingerprint density at radius 1 is 1.47 bits per heavy atom. The molecule has 6 heteroatoms. The summed E-state index contributed by atoms with van der Waals surface area (Å²) in [7, 11) is -3.33. The Labute approximate surface area is 112 Å². The monoisotopic (exact) mass is 283 g/mol. The second-order valence-corrected chi connectivity index (χ2v) is 6.70. The normalized spacial score (nSPS) is 20.4. The lowest BCUT2D eigenvalue weighted by Crippen LogP contribution is -2.35. The van der Waals surface area contributed by atoms with Gasteiger partial charge in [-0.25, -0.2) is 8.42 Å². The first-order valence-electron chi connectivity index (χ1n) is 6.27. The summed E-state index contributed by atoms with van der Waals surface area (Å²) in [4.78, 5) is 10.9. The maximum Gasteiger partial charge on any atom is 0.303 e. The number of nitrogens with one attached hydrogen (secondary N) is 1. The van der Waals surface area contributed by atoms with Crippen molar-refractivity contribution in [1.29, 1.82) is 0 Å². The Balaban J connectivity index is 2.34. The number of carboxylic acids is 1. The molecule has 0 fully saturated rings. The molecule has 0 radical (unpaired) electrons. The van der Waals surface area contributed by atoms with E-state index in [1.165, 1.54) is 0 Å². The molecule has 0 bridgehead atoms. The van der Waals surface area contributed by atoms with Gasteiger partial charge in [0.2, 0.25) is 0 Å². The Morgan fingerprint density at radius 2 is 2.21 bits per heavy atom. The van der Waals surface area contributed by atoms with Crippen LogP contribution in [-0.2, 0) is 21.1 Å². The van der Waals surface area contributed by atoms with Crippen LogP contribution in [0.15, 0.2) is 23.1 Å². The fourth-order valence-electron chi connectivity index (χ4n) is 2.35. The summed E-state index contributed by atoms with van der Waals surface area (Å²) in [5.74, 6) is -0.950. The zero-order valence-electron chi connectivity index (χ0n) is 10.7. The van der Waals surface area contributed by atoms with Crippen molar-refractivity contribution in [2.45, 2.75) is 37.1 Å². The van der Waals surface area contributed by atoms with E-state index in [-0.39, 0.29) is 18.2 Å². The van der Waals surface area contributed by atoms with Gasteiger partial charge in [-0.3, -0.25) is 4.79 Å². The van der Waals surface area contributed by atoms with Gasteiger partial charge in [0.15, 0.2) is 9.84 Å². The average molecular weight is 283 g/mol. The molecule has 5 nitrogen and oxygen atoms in total. The first kappa shape index (κ1) is 13.9. The topological polar surface area (TPSA) is 83.5 Å². The molecule has 0 saturated heterocycles. The summed E-state index contributed by atoms with van der Waals surface area (Å²) in [6.07, 6.45) is 1.01. The van der Waals surface area contributed by atoms with E-state index in [9.17, 15) is 13.2 Å². The van der Waals surface area contributed by atoms with E-state index in [4.69, 9.17) is 5.11 Å². The van der Waals surface area contributed by atoms with Crippen LogP contribution >= 0.6 is 0 Å². The van der Waals surface area contributed by atoms with Gasteiger partial charge in [0, 0.05) is 12.5 Å². The SMILES string of the molecule is CCc1cccc2c1NC(CCC(=O)O)CS2(=O)=O. The van der Waals surface area contributed by atoms with Crippen molar-refractivity contribution in [2.75, 3.05) is 11.1 Å². The summed E-state index contributed by atoms with van der Waals surface area (Å²) in [6, 6.07) is 4.90. The molecule has 0 aromatic heterocycles. The molecule has 19 heavy (non-hydrogen) atoms. The summed E-state index contributed by atoms with van der Waals surface area (Å²) < 4.78 is 24.4. The number of rotatable bonds is 4. The molecule has 1 aromatic rings. The first-order chi connectivity index (χ1) is 8.94. The van der Waals surface area contributed by atoms with Gasteiger partial charge in [-0.15, -0.1) is 0 Å². The number of carboxylic acid groups (broad SMARTS) is 1. The number of hydrogen-bond donors (Lipinski definition) is 2. The number of sulfone groups is 1. The zero-order chi connectivity index (χ0) is 14.0. The van der Waals surface area contributed by atoms with Gasteiger partial charge in [-0.05, 0) is 24.5 Å². The largest absolute Gasteiger partial charge is 0.481 e. The first-order valence-corrected chi connectivity index (χ1v) is 7.92. The highest BCUT2D eigenvalue weighted by Gasteiger charge is 2.31. The number of anilines is 1. The van der Waals surface area contributed by atoms with Gasteiger partial charge < -0.3 is 10.4 Å². The number of para-hydroxylation sites is 1. The van der Waals surface area contributed by atoms with Crippen LogP contribution < -0.4 is 5.32 Å². The van der Waals surface area contributed by atoms with Crippen molar-refractivity contribution in [1.82, 2.24) is 0 Å². The Morgan fingerprint density at radius 3 is 2.84 bits per heavy atom. The predicted molar refractivity (Wildman–Crippen MR) is 72.2 cm³/mol. The van der Waals surface area contributed by atoms with Crippen molar-refractivity contribution in [3.63, 3.8) is 0 Å². The quantitative estimate of drug-likeness (QED) is 0.878. The van der Waals surface area contributed by atoms with E-state index in [2.05, 4.69) is 5.32 Å². The van der Waals surface area contributed by atoms with Crippen molar-refractivity contribution >= 4 is 21.5 Å². The van der Waals surface area contributed by atoms with E-state index < -0.39 is 15.8 Å². The molecule has 0 amide bonds. The van der Waals surface area contributed by atoms with Crippen LogP contribution in [0.25, 0.3) is 0 Å². The fraction of sp³-hybridized carbons (Fsp3) is 0.462. The molecule has 1 aliphatic heterocycles. The van der Waals surface area contributed by atoms with Gasteiger partial charge in [-0.2, -0.15) is 0 Å². The molecular formula is C13H17NO4S. The van der Waals surface area contributed by atoms with Crippen LogP contribution in [0.5, 0.6) is 0 Å². The lowest BCUT2D eigenvalue weighted by molar-refractivity contribution is -0.137. The number of fused-ring (bicyclic) bond motifs is 1. The maximum absolute atomic E-state index is 12.2. The number of hydrogen-bond acceptors (Lipinski definition) is 4. The molecular weight excluding hydrogens is 266 g/mol. The molecule has 1 heterocycles.